The molecule has 1 heterocycles. The van der Waals surface area contributed by atoms with E-state index in [1.165, 1.54) is 0 Å². The van der Waals surface area contributed by atoms with Crippen molar-refractivity contribution in [2.45, 2.75) is 12.5 Å². The minimum Gasteiger partial charge on any atom is -0.361 e. The quantitative estimate of drug-likeness (QED) is 0.532. The predicted molar refractivity (Wildman–Crippen MR) is 103 cm³/mol. The third-order valence-electron chi connectivity index (χ3n) is 4.47. The van der Waals surface area contributed by atoms with E-state index in [0.29, 0.717) is 6.42 Å². The van der Waals surface area contributed by atoms with Gasteiger partial charge in [-0.1, -0.05) is 48.5 Å². The Hall–Kier alpha value is -3.11. The molecule has 0 aliphatic heterocycles. The topological polar surface area (TPSA) is 70.9 Å². The number of carbonyl (C=O) groups is 1. The third-order valence-corrected chi connectivity index (χ3v) is 4.47. The molecule has 1 amide bonds. The van der Waals surface area contributed by atoms with Crippen LogP contribution in [0.2, 0.25) is 0 Å². The number of H-pyrrole nitrogens is 1. The lowest BCUT2D eigenvalue weighted by Gasteiger charge is -2.12. The summed E-state index contributed by atoms with van der Waals surface area (Å²) in [6.07, 6.45) is 2.41. The molecule has 0 unspecified atom stereocenters. The molecule has 1 atom stereocenters. The Morgan fingerprint density at radius 1 is 1.00 bits per heavy atom. The molecule has 0 aliphatic carbocycles. The fraction of sp³-hybridized carbons (Fsp3) is 0.0952. The Kier molecular flexibility index (Phi) is 3.96. The van der Waals surface area contributed by atoms with Gasteiger partial charge in [-0.05, 0) is 41.0 Å². The summed E-state index contributed by atoms with van der Waals surface area (Å²) in [4.78, 5) is 15.7. The maximum absolute atomic E-state index is 12.5. The Balaban J connectivity index is 1.49. The van der Waals surface area contributed by atoms with E-state index in [2.05, 4.69) is 10.3 Å². The largest absolute Gasteiger partial charge is 0.361 e. The highest BCUT2D eigenvalue weighted by molar-refractivity contribution is 5.97. The number of para-hydroxylation sites is 1. The average molecular weight is 329 g/mol. The number of benzene rings is 3. The minimum atomic E-state index is -0.606. The van der Waals surface area contributed by atoms with Crippen LogP contribution in [0.25, 0.3) is 21.7 Å². The van der Waals surface area contributed by atoms with E-state index >= 15 is 0 Å². The van der Waals surface area contributed by atoms with Crippen molar-refractivity contribution in [3.8, 4) is 0 Å². The molecular weight excluding hydrogens is 310 g/mol. The van der Waals surface area contributed by atoms with E-state index in [1.54, 1.807) is 0 Å². The predicted octanol–water partition coefficient (Wildman–Crippen LogP) is 3.83. The van der Waals surface area contributed by atoms with Gasteiger partial charge in [0.1, 0.15) is 0 Å². The van der Waals surface area contributed by atoms with Crippen molar-refractivity contribution in [1.82, 2.24) is 4.98 Å². The smallest absolute Gasteiger partial charge is 0.241 e. The van der Waals surface area contributed by atoms with Gasteiger partial charge in [-0.25, -0.2) is 0 Å². The lowest BCUT2D eigenvalue weighted by molar-refractivity contribution is -0.117. The Morgan fingerprint density at radius 2 is 1.76 bits per heavy atom. The van der Waals surface area contributed by atoms with Crippen LogP contribution in [0, 0.1) is 0 Å². The SMILES string of the molecule is N[C@H](Cc1c[nH]c2ccccc12)C(=O)Nc1ccc2ccccc2c1. The fourth-order valence-corrected chi connectivity index (χ4v) is 3.13. The minimum absolute atomic E-state index is 0.180. The van der Waals surface area contributed by atoms with E-state index in [0.717, 1.165) is 32.9 Å². The zero-order valence-electron chi connectivity index (χ0n) is 13.7. The molecule has 124 valence electrons. The molecule has 4 rings (SSSR count). The first-order chi connectivity index (χ1) is 12.2. The summed E-state index contributed by atoms with van der Waals surface area (Å²) in [5, 5.41) is 6.26. The van der Waals surface area contributed by atoms with E-state index in [-0.39, 0.29) is 5.91 Å². The molecule has 0 saturated carbocycles. The normalized spacial score (nSPS) is 12.4. The standard InChI is InChI=1S/C21H19N3O/c22-19(12-16-13-23-20-8-4-3-7-18(16)20)21(25)24-17-10-9-14-5-1-2-6-15(14)11-17/h1-11,13,19,23H,12,22H2,(H,24,25)/t19-/m1/s1. The zero-order valence-corrected chi connectivity index (χ0v) is 13.7. The van der Waals surface area contributed by atoms with Crippen molar-refractivity contribution in [2.24, 2.45) is 5.73 Å². The molecular formula is C21H19N3O. The zero-order chi connectivity index (χ0) is 17.2. The summed E-state index contributed by atoms with van der Waals surface area (Å²) in [7, 11) is 0. The van der Waals surface area contributed by atoms with Crippen LogP contribution in [0.1, 0.15) is 5.56 Å². The van der Waals surface area contributed by atoms with Gasteiger partial charge < -0.3 is 16.0 Å². The maximum Gasteiger partial charge on any atom is 0.241 e. The number of rotatable bonds is 4. The van der Waals surface area contributed by atoms with Crippen molar-refractivity contribution in [2.75, 3.05) is 5.32 Å². The van der Waals surface area contributed by atoms with Crippen LogP contribution >= 0.6 is 0 Å². The highest BCUT2D eigenvalue weighted by Gasteiger charge is 2.16. The summed E-state index contributed by atoms with van der Waals surface area (Å²) in [5.41, 5.74) is 9.00. The second kappa shape index (κ2) is 6.42. The number of carbonyl (C=O) groups excluding carboxylic acids is 1. The molecule has 0 radical (unpaired) electrons. The molecule has 0 fully saturated rings. The molecule has 4 aromatic rings. The molecule has 3 aromatic carbocycles. The molecule has 4 N–H and O–H groups in total. The van der Waals surface area contributed by atoms with Gasteiger partial charge in [0.25, 0.3) is 0 Å². The average Bonchev–Trinajstić information content (AvgIpc) is 3.04. The van der Waals surface area contributed by atoms with Gasteiger partial charge in [-0.3, -0.25) is 4.79 Å². The molecule has 0 bridgehead atoms. The lowest BCUT2D eigenvalue weighted by atomic mass is 10.0. The van der Waals surface area contributed by atoms with Gasteiger partial charge >= 0.3 is 0 Å². The number of anilines is 1. The summed E-state index contributed by atoms with van der Waals surface area (Å²) in [6, 6.07) is 21.3. The maximum atomic E-state index is 12.5. The van der Waals surface area contributed by atoms with Crippen molar-refractivity contribution >= 4 is 33.3 Å². The van der Waals surface area contributed by atoms with Crippen LogP contribution in [0.15, 0.2) is 72.9 Å². The van der Waals surface area contributed by atoms with Crippen LogP contribution in [0.5, 0.6) is 0 Å². The Labute approximate surface area is 145 Å². The van der Waals surface area contributed by atoms with Gasteiger partial charge in [0.2, 0.25) is 5.91 Å². The highest BCUT2D eigenvalue weighted by atomic mass is 16.2. The molecule has 0 saturated heterocycles. The van der Waals surface area contributed by atoms with Crippen LogP contribution in [0.4, 0.5) is 5.69 Å². The summed E-state index contributed by atoms with van der Waals surface area (Å²) in [5.74, 6) is -0.180. The molecule has 4 nitrogen and oxygen atoms in total. The number of fused-ring (bicyclic) bond motifs is 2. The monoisotopic (exact) mass is 329 g/mol. The van der Waals surface area contributed by atoms with E-state index in [9.17, 15) is 4.79 Å². The van der Waals surface area contributed by atoms with E-state index < -0.39 is 6.04 Å². The van der Waals surface area contributed by atoms with Crippen LogP contribution in [-0.2, 0) is 11.2 Å². The molecule has 4 heteroatoms. The van der Waals surface area contributed by atoms with Crippen molar-refractivity contribution in [1.29, 1.82) is 0 Å². The third kappa shape index (κ3) is 3.12. The van der Waals surface area contributed by atoms with E-state index in [1.807, 2.05) is 72.9 Å². The number of aromatic nitrogens is 1. The van der Waals surface area contributed by atoms with E-state index in [4.69, 9.17) is 5.73 Å². The number of hydrogen-bond acceptors (Lipinski definition) is 2. The Morgan fingerprint density at radius 3 is 2.64 bits per heavy atom. The first-order valence-electron chi connectivity index (χ1n) is 8.31. The second-order valence-electron chi connectivity index (χ2n) is 6.22. The molecule has 25 heavy (non-hydrogen) atoms. The van der Waals surface area contributed by atoms with Gasteiger partial charge in [0, 0.05) is 22.8 Å². The van der Waals surface area contributed by atoms with Gasteiger partial charge in [0.15, 0.2) is 0 Å². The van der Waals surface area contributed by atoms with Crippen LogP contribution < -0.4 is 11.1 Å². The first-order valence-corrected chi connectivity index (χ1v) is 8.31. The van der Waals surface area contributed by atoms with Gasteiger partial charge in [-0.15, -0.1) is 0 Å². The number of nitrogens with one attached hydrogen (secondary N) is 2. The second-order valence-corrected chi connectivity index (χ2v) is 6.22. The van der Waals surface area contributed by atoms with Crippen LogP contribution in [-0.4, -0.2) is 16.9 Å². The molecule has 0 spiro atoms. The van der Waals surface area contributed by atoms with Gasteiger partial charge in [0.05, 0.1) is 6.04 Å². The summed E-state index contributed by atoms with van der Waals surface area (Å²) < 4.78 is 0. The fourth-order valence-electron chi connectivity index (χ4n) is 3.13. The summed E-state index contributed by atoms with van der Waals surface area (Å²) >= 11 is 0. The van der Waals surface area contributed by atoms with Crippen molar-refractivity contribution in [3.63, 3.8) is 0 Å². The van der Waals surface area contributed by atoms with Crippen LogP contribution in [0.3, 0.4) is 0 Å². The number of amides is 1. The summed E-state index contributed by atoms with van der Waals surface area (Å²) in [6.45, 7) is 0. The molecule has 1 aromatic heterocycles. The Bertz CT molecular complexity index is 1050. The first kappa shape index (κ1) is 15.4. The molecule has 0 aliphatic rings. The van der Waals surface area contributed by atoms with Crippen molar-refractivity contribution < 1.29 is 4.79 Å². The number of hydrogen-bond donors (Lipinski definition) is 3. The number of nitrogens with two attached hydrogens (primary N) is 1. The highest BCUT2D eigenvalue weighted by Crippen LogP contribution is 2.21. The van der Waals surface area contributed by atoms with Crippen molar-refractivity contribution in [3.05, 3.63) is 78.5 Å². The lowest BCUT2D eigenvalue weighted by Crippen LogP contribution is -2.37. The number of aromatic amines is 1. The van der Waals surface area contributed by atoms with Gasteiger partial charge in [-0.2, -0.15) is 0 Å².